The Balaban J connectivity index is 2.65. The standard InChI is InChI=1S/C7H15NO2S/c1-6(2)7-4-5-8(7)11(3,9)10/h6-7H,4-5H2,1-3H3/t7-/m1/s1. The molecule has 4 heteroatoms. The largest absolute Gasteiger partial charge is 0.212 e. The normalized spacial score (nSPS) is 27.1. The Bertz CT molecular complexity index is 233. The van der Waals surface area contributed by atoms with Crippen molar-refractivity contribution in [2.75, 3.05) is 12.8 Å². The number of sulfonamides is 1. The smallest absolute Gasteiger partial charge is 0.211 e. The van der Waals surface area contributed by atoms with E-state index < -0.39 is 10.0 Å². The second-order valence-corrected chi connectivity index (χ2v) is 5.41. The van der Waals surface area contributed by atoms with Gasteiger partial charge in [0, 0.05) is 12.6 Å². The molecule has 0 aliphatic carbocycles. The first-order valence-electron chi connectivity index (χ1n) is 3.89. The van der Waals surface area contributed by atoms with Crippen LogP contribution in [0.3, 0.4) is 0 Å². The molecule has 0 radical (unpaired) electrons. The number of hydrogen-bond donors (Lipinski definition) is 0. The fourth-order valence-corrected chi connectivity index (χ4v) is 2.74. The van der Waals surface area contributed by atoms with E-state index in [9.17, 15) is 8.42 Å². The van der Waals surface area contributed by atoms with Gasteiger partial charge < -0.3 is 0 Å². The van der Waals surface area contributed by atoms with Crippen LogP contribution in [0, 0.1) is 5.92 Å². The zero-order valence-corrected chi connectivity index (χ0v) is 8.06. The fraction of sp³-hybridized carbons (Fsp3) is 1.00. The van der Waals surface area contributed by atoms with Gasteiger partial charge in [0.25, 0.3) is 0 Å². The van der Waals surface area contributed by atoms with E-state index in [1.165, 1.54) is 6.26 Å². The Morgan fingerprint density at radius 3 is 2.09 bits per heavy atom. The molecule has 1 heterocycles. The second-order valence-electron chi connectivity index (χ2n) is 3.47. The minimum Gasteiger partial charge on any atom is -0.212 e. The fourth-order valence-electron chi connectivity index (χ4n) is 1.46. The summed E-state index contributed by atoms with van der Waals surface area (Å²) in [4.78, 5) is 0. The van der Waals surface area contributed by atoms with Gasteiger partial charge in [-0.25, -0.2) is 8.42 Å². The van der Waals surface area contributed by atoms with E-state index in [2.05, 4.69) is 13.8 Å². The van der Waals surface area contributed by atoms with Crippen molar-refractivity contribution in [2.24, 2.45) is 5.92 Å². The van der Waals surface area contributed by atoms with Crippen LogP contribution in [0.5, 0.6) is 0 Å². The molecule has 1 fully saturated rings. The van der Waals surface area contributed by atoms with Crippen LogP contribution in [0.15, 0.2) is 0 Å². The number of hydrogen-bond acceptors (Lipinski definition) is 2. The molecule has 0 N–H and O–H groups in total. The molecular weight excluding hydrogens is 162 g/mol. The molecular formula is C7H15NO2S. The van der Waals surface area contributed by atoms with E-state index in [1.807, 2.05) is 0 Å². The van der Waals surface area contributed by atoms with Crippen LogP contribution in [0.1, 0.15) is 20.3 Å². The SMILES string of the molecule is CC(C)[C@H]1CCN1S(C)(=O)=O. The highest BCUT2D eigenvalue weighted by molar-refractivity contribution is 7.88. The average Bonchev–Trinajstić information content (AvgIpc) is 1.51. The summed E-state index contributed by atoms with van der Waals surface area (Å²) in [6, 6.07) is 0.255. The van der Waals surface area contributed by atoms with Crippen LogP contribution in [0.2, 0.25) is 0 Å². The lowest BCUT2D eigenvalue weighted by Gasteiger charge is -2.41. The zero-order valence-electron chi connectivity index (χ0n) is 7.24. The van der Waals surface area contributed by atoms with Gasteiger partial charge in [-0.3, -0.25) is 0 Å². The van der Waals surface area contributed by atoms with Crippen LogP contribution in [-0.2, 0) is 10.0 Å². The topological polar surface area (TPSA) is 37.4 Å². The summed E-state index contributed by atoms with van der Waals surface area (Å²) >= 11 is 0. The van der Waals surface area contributed by atoms with Crippen LogP contribution in [0.25, 0.3) is 0 Å². The Labute approximate surface area is 68.4 Å². The van der Waals surface area contributed by atoms with Gasteiger partial charge >= 0.3 is 0 Å². The summed E-state index contributed by atoms with van der Waals surface area (Å²) in [5, 5.41) is 0. The van der Waals surface area contributed by atoms with Crippen LogP contribution in [0.4, 0.5) is 0 Å². The minimum atomic E-state index is -2.93. The zero-order chi connectivity index (χ0) is 8.65. The van der Waals surface area contributed by atoms with Crippen molar-refractivity contribution in [2.45, 2.75) is 26.3 Å². The maximum absolute atomic E-state index is 11.1. The lowest BCUT2D eigenvalue weighted by atomic mass is 9.95. The molecule has 0 aromatic carbocycles. The van der Waals surface area contributed by atoms with E-state index >= 15 is 0 Å². The molecule has 0 amide bonds. The Hall–Kier alpha value is -0.0900. The summed E-state index contributed by atoms with van der Waals surface area (Å²) < 4.78 is 23.7. The summed E-state index contributed by atoms with van der Waals surface area (Å²) in [6.45, 7) is 4.83. The van der Waals surface area contributed by atoms with E-state index in [-0.39, 0.29) is 6.04 Å². The lowest BCUT2D eigenvalue weighted by Crippen LogP contribution is -2.52. The third kappa shape index (κ3) is 1.73. The van der Waals surface area contributed by atoms with Gasteiger partial charge in [0.1, 0.15) is 0 Å². The van der Waals surface area contributed by atoms with Gasteiger partial charge in [0.05, 0.1) is 6.26 Å². The molecule has 0 saturated carbocycles. The van der Waals surface area contributed by atoms with Crippen molar-refractivity contribution >= 4 is 10.0 Å². The predicted octanol–water partition coefficient (Wildman–Crippen LogP) is 0.676. The van der Waals surface area contributed by atoms with Crippen molar-refractivity contribution < 1.29 is 8.42 Å². The molecule has 0 aromatic rings. The highest BCUT2D eigenvalue weighted by Crippen LogP contribution is 2.26. The van der Waals surface area contributed by atoms with Gasteiger partial charge in [0.2, 0.25) is 10.0 Å². The van der Waals surface area contributed by atoms with Gasteiger partial charge in [-0.15, -0.1) is 0 Å². The Morgan fingerprint density at radius 1 is 1.45 bits per heavy atom. The average molecular weight is 177 g/mol. The molecule has 1 aliphatic heterocycles. The number of rotatable bonds is 2. The summed E-state index contributed by atoms with van der Waals surface area (Å²) in [5.74, 6) is 0.443. The highest BCUT2D eigenvalue weighted by atomic mass is 32.2. The van der Waals surface area contributed by atoms with Crippen molar-refractivity contribution in [1.29, 1.82) is 0 Å². The van der Waals surface area contributed by atoms with E-state index in [0.29, 0.717) is 12.5 Å². The van der Waals surface area contributed by atoms with E-state index in [0.717, 1.165) is 6.42 Å². The van der Waals surface area contributed by atoms with Gasteiger partial charge in [-0.05, 0) is 12.3 Å². The molecule has 0 spiro atoms. The van der Waals surface area contributed by atoms with E-state index in [1.54, 1.807) is 4.31 Å². The lowest BCUT2D eigenvalue weighted by molar-refractivity contribution is 0.151. The van der Waals surface area contributed by atoms with Crippen molar-refractivity contribution in [3.63, 3.8) is 0 Å². The molecule has 0 unspecified atom stereocenters. The summed E-state index contributed by atoms with van der Waals surface area (Å²) in [7, 11) is -2.93. The minimum absolute atomic E-state index is 0.255. The molecule has 66 valence electrons. The van der Waals surface area contributed by atoms with E-state index in [4.69, 9.17) is 0 Å². The van der Waals surface area contributed by atoms with Crippen LogP contribution >= 0.6 is 0 Å². The molecule has 3 nitrogen and oxygen atoms in total. The van der Waals surface area contributed by atoms with Crippen molar-refractivity contribution in [1.82, 2.24) is 4.31 Å². The highest BCUT2D eigenvalue weighted by Gasteiger charge is 2.36. The molecule has 1 atom stereocenters. The van der Waals surface area contributed by atoms with Crippen molar-refractivity contribution in [3.8, 4) is 0 Å². The molecule has 1 saturated heterocycles. The molecule has 1 aliphatic rings. The molecule has 0 bridgehead atoms. The predicted molar refractivity (Wildman–Crippen MR) is 44.8 cm³/mol. The molecule has 0 aromatic heterocycles. The van der Waals surface area contributed by atoms with Crippen LogP contribution < -0.4 is 0 Å². The monoisotopic (exact) mass is 177 g/mol. The van der Waals surface area contributed by atoms with Gasteiger partial charge in [0.15, 0.2) is 0 Å². The quantitative estimate of drug-likeness (QED) is 0.622. The Morgan fingerprint density at radius 2 is 2.00 bits per heavy atom. The summed E-state index contributed by atoms with van der Waals surface area (Å²) in [5.41, 5.74) is 0. The molecule has 11 heavy (non-hydrogen) atoms. The van der Waals surface area contributed by atoms with Gasteiger partial charge in [-0.2, -0.15) is 4.31 Å². The summed E-state index contributed by atoms with van der Waals surface area (Å²) in [6.07, 6.45) is 2.30. The second kappa shape index (κ2) is 2.75. The van der Waals surface area contributed by atoms with Crippen LogP contribution in [-0.4, -0.2) is 31.6 Å². The first-order valence-corrected chi connectivity index (χ1v) is 5.74. The van der Waals surface area contributed by atoms with Gasteiger partial charge in [-0.1, -0.05) is 13.8 Å². The first kappa shape index (κ1) is 9.00. The maximum Gasteiger partial charge on any atom is 0.211 e. The Kier molecular flexibility index (Phi) is 2.25. The van der Waals surface area contributed by atoms with Crippen molar-refractivity contribution in [3.05, 3.63) is 0 Å². The first-order chi connectivity index (χ1) is 4.93. The maximum atomic E-state index is 11.1. The third-order valence-electron chi connectivity index (χ3n) is 2.21. The third-order valence-corrected chi connectivity index (χ3v) is 3.52. The number of nitrogens with zero attached hydrogens (tertiary/aromatic N) is 1. The molecule has 1 rings (SSSR count).